The van der Waals surface area contributed by atoms with E-state index in [2.05, 4.69) is 0 Å². The van der Waals surface area contributed by atoms with E-state index in [0.29, 0.717) is 17.1 Å². The second kappa shape index (κ2) is 4.58. The lowest BCUT2D eigenvalue weighted by atomic mass is 9.92. The van der Waals surface area contributed by atoms with Gasteiger partial charge in [-0.3, -0.25) is 10.1 Å². The molecule has 0 aliphatic carbocycles. The van der Waals surface area contributed by atoms with Gasteiger partial charge >= 0.3 is 0 Å². The Balaban J connectivity index is 2.35. The Morgan fingerprint density at radius 3 is 3.06 bits per heavy atom. The SMILES string of the molecule is COc1ccc2c(c1)[C@@H](C[N+](=O)[O-])CC(O)O2. The number of nitro groups is 1. The molecule has 0 bridgehead atoms. The van der Waals surface area contributed by atoms with Crippen LogP contribution in [-0.4, -0.2) is 30.0 Å². The van der Waals surface area contributed by atoms with E-state index in [1.165, 1.54) is 7.11 Å². The number of aliphatic hydroxyl groups is 1. The van der Waals surface area contributed by atoms with E-state index < -0.39 is 6.29 Å². The van der Waals surface area contributed by atoms with Crippen LogP contribution in [0.25, 0.3) is 0 Å². The van der Waals surface area contributed by atoms with Gasteiger partial charge in [0.2, 0.25) is 6.54 Å². The highest BCUT2D eigenvalue weighted by Crippen LogP contribution is 2.37. The second-order valence-corrected chi connectivity index (χ2v) is 3.92. The van der Waals surface area contributed by atoms with Gasteiger partial charge in [-0.2, -0.15) is 0 Å². The number of fused-ring (bicyclic) bond motifs is 1. The van der Waals surface area contributed by atoms with Crippen LogP contribution in [0.5, 0.6) is 11.5 Å². The van der Waals surface area contributed by atoms with Crippen LogP contribution in [0.2, 0.25) is 0 Å². The molecular formula is C11H13NO5. The summed E-state index contributed by atoms with van der Waals surface area (Å²) < 4.78 is 10.3. The fourth-order valence-corrected chi connectivity index (χ4v) is 2.00. The van der Waals surface area contributed by atoms with Crippen LogP contribution < -0.4 is 9.47 Å². The summed E-state index contributed by atoms with van der Waals surface area (Å²) in [7, 11) is 1.53. The molecule has 1 aromatic rings. The second-order valence-electron chi connectivity index (χ2n) is 3.92. The van der Waals surface area contributed by atoms with Gasteiger partial charge in [0.05, 0.1) is 13.0 Å². The van der Waals surface area contributed by atoms with Crippen LogP contribution in [-0.2, 0) is 0 Å². The molecule has 6 nitrogen and oxygen atoms in total. The Labute approximate surface area is 97.9 Å². The largest absolute Gasteiger partial charge is 0.497 e. The number of nitrogens with zero attached hydrogens (tertiary/aromatic N) is 1. The molecule has 0 aromatic heterocycles. The first kappa shape index (κ1) is 11.7. The molecule has 2 atom stereocenters. The average Bonchev–Trinajstić information content (AvgIpc) is 2.27. The fourth-order valence-electron chi connectivity index (χ4n) is 2.00. The predicted molar refractivity (Wildman–Crippen MR) is 58.8 cm³/mol. The number of rotatable bonds is 3. The first-order chi connectivity index (χ1) is 8.10. The van der Waals surface area contributed by atoms with Gasteiger partial charge in [0.25, 0.3) is 0 Å². The molecule has 0 fully saturated rings. The van der Waals surface area contributed by atoms with Crippen molar-refractivity contribution in [3.05, 3.63) is 33.9 Å². The summed E-state index contributed by atoms with van der Waals surface area (Å²) in [4.78, 5) is 10.2. The first-order valence-electron chi connectivity index (χ1n) is 5.24. The highest BCUT2D eigenvalue weighted by atomic mass is 16.6. The Hall–Kier alpha value is -1.82. The summed E-state index contributed by atoms with van der Waals surface area (Å²) in [5.74, 6) is 0.757. The number of benzene rings is 1. The molecule has 6 heteroatoms. The molecule has 17 heavy (non-hydrogen) atoms. The Kier molecular flexibility index (Phi) is 3.14. The fraction of sp³-hybridized carbons (Fsp3) is 0.455. The number of aliphatic hydroxyl groups excluding tert-OH is 1. The van der Waals surface area contributed by atoms with E-state index in [1.54, 1.807) is 18.2 Å². The summed E-state index contributed by atoms with van der Waals surface area (Å²) in [5.41, 5.74) is 0.714. The van der Waals surface area contributed by atoms with E-state index in [1.807, 2.05) is 0 Å². The molecule has 2 rings (SSSR count). The Bertz CT molecular complexity index is 434. The van der Waals surface area contributed by atoms with Crippen molar-refractivity contribution in [3.63, 3.8) is 0 Å². The van der Waals surface area contributed by atoms with E-state index in [4.69, 9.17) is 9.47 Å². The van der Waals surface area contributed by atoms with Crippen LogP contribution >= 0.6 is 0 Å². The molecule has 0 amide bonds. The summed E-state index contributed by atoms with van der Waals surface area (Å²) >= 11 is 0. The van der Waals surface area contributed by atoms with Crippen molar-refractivity contribution in [2.45, 2.75) is 18.6 Å². The number of ether oxygens (including phenoxy) is 2. The van der Waals surface area contributed by atoms with Crippen LogP contribution in [0.4, 0.5) is 0 Å². The van der Waals surface area contributed by atoms with Crippen molar-refractivity contribution in [1.82, 2.24) is 0 Å². The smallest absolute Gasteiger partial charge is 0.211 e. The zero-order valence-electron chi connectivity index (χ0n) is 9.33. The minimum Gasteiger partial charge on any atom is -0.497 e. The van der Waals surface area contributed by atoms with Gasteiger partial charge in [0.1, 0.15) is 11.5 Å². The lowest BCUT2D eigenvalue weighted by Gasteiger charge is -2.27. The molecule has 1 aliphatic heterocycles. The molecule has 1 N–H and O–H groups in total. The predicted octanol–water partition coefficient (Wildman–Crippen LogP) is 1.16. The van der Waals surface area contributed by atoms with Crippen LogP contribution in [0.3, 0.4) is 0 Å². The van der Waals surface area contributed by atoms with E-state index in [-0.39, 0.29) is 23.8 Å². The Morgan fingerprint density at radius 1 is 1.65 bits per heavy atom. The molecule has 0 saturated heterocycles. The molecule has 1 heterocycles. The van der Waals surface area contributed by atoms with Crippen molar-refractivity contribution in [1.29, 1.82) is 0 Å². The Morgan fingerprint density at radius 2 is 2.41 bits per heavy atom. The maximum absolute atomic E-state index is 10.6. The van der Waals surface area contributed by atoms with Gasteiger partial charge in [-0.1, -0.05) is 0 Å². The number of methoxy groups -OCH3 is 1. The van der Waals surface area contributed by atoms with Crippen LogP contribution in [0.15, 0.2) is 18.2 Å². The zero-order chi connectivity index (χ0) is 12.4. The van der Waals surface area contributed by atoms with Crippen molar-refractivity contribution in [3.8, 4) is 11.5 Å². The molecule has 0 saturated carbocycles. The third-order valence-corrected chi connectivity index (χ3v) is 2.78. The van der Waals surface area contributed by atoms with Crippen molar-refractivity contribution in [2.75, 3.05) is 13.7 Å². The van der Waals surface area contributed by atoms with Gasteiger partial charge in [0, 0.05) is 16.9 Å². The van der Waals surface area contributed by atoms with E-state index in [0.717, 1.165) is 0 Å². The van der Waals surface area contributed by atoms with Gasteiger partial charge in [-0.15, -0.1) is 0 Å². The maximum Gasteiger partial charge on any atom is 0.211 e. The molecular weight excluding hydrogens is 226 g/mol. The van der Waals surface area contributed by atoms with Gasteiger partial charge in [-0.25, -0.2) is 0 Å². The lowest BCUT2D eigenvalue weighted by Crippen LogP contribution is -2.28. The summed E-state index contributed by atoms with van der Waals surface area (Å²) in [6.45, 7) is -0.222. The van der Waals surface area contributed by atoms with E-state index in [9.17, 15) is 15.2 Å². The summed E-state index contributed by atoms with van der Waals surface area (Å²) in [6.07, 6.45) is -0.762. The average molecular weight is 239 g/mol. The van der Waals surface area contributed by atoms with Crippen molar-refractivity contribution >= 4 is 0 Å². The monoisotopic (exact) mass is 239 g/mol. The highest BCUT2D eigenvalue weighted by Gasteiger charge is 2.30. The topological polar surface area (TPSA) is 81.8 Å². The highest BCUT2D eigenvalue weighted by molar-refractivity contribution is 5.43. The summed E-state index contributed by atoms with van der Waals surface area (Å²) in [6, 6.07) is 5.07. The first-order valence-corrected chi connectivity index (χ1v) is 5.24. The third-order valence-electron chi connectivity index (χ3n) is 2.78. The van der Waals surface area contributed by atoms with Gasteiger partial charge in [-0.05, 0) is 18.2 Å². The van der Waals surface area contributed by atoms with E-state index >= 15 is 0 Å². The minimum absolute atomic E-state index is 0.222. The molecule has 1 aromatic carbocycles. The lowest BCUT2D eigenvalue weighted by molar-refractivity contribution is -0.484. The minimum atomic E-state index is -0.985. The molecule has 0 spiro atoms. The normalized spacial score (nSPS) is 22.5. The summed E-state index contributed by atoms with van der Waals surface area (Å²) in [5, 5.41) is 20.1. The van der Waals surface area contributed by atoms with Gasteiger partial charge < -0.3 is 14.6 Å². The third kappa shape index (κ3) is 2.47. The number of hydrogen-bond donors (Lipinski definition) is 1. The van der Waals surface area contributed by atoms with Gasteiger partial charge in [0.15, 0.2) is 6.29 Å². The molecule has 1 unspecified atom stereocenters. The number of hydrogen-bond acceptors (Lipinski definition) is 5. The molecule has 1 aliphatic rings. The zero-order valence-corrected chi connectivity index (χ0v) is 9.33. The molecule has 0 radical (unpaired) electrons. The van der Waals surface area contributed by atoms with Crippen LogP contribution in [0.1, 0.15) is 17.9 Å². The quantitative estimate of drug-likeness (QED) is 0.632. The maximum atomic E-state index is 10.6. The molecule has 92 valence electrons. The standard InChI is InChI=1S/C11H13NO5/c1-16-8-2-3-10-9(5-8)7(6-12(14)15)4-11(13)17-10/h2-3,5,7,11,13H,4,6H2,1H3/t7-,11?/m1/s1. The van der Waals surface area contributed by atoms with Crippen molar-refractivity contribution in [2.24, 2.45) is 0 Å². The van der Waals surface area contributed by atoms with Crippen LogP contribution in [0, 0.1) is 10.1 Å². The van der Waals surface area contributed by atoms with Crippen molar-refractivity contribution < 1.29 is 19.5 Å².